The Hall–Kier alpha value is -3.40. The summed E-state index contributed by atoms with van der Waals surface area (Å²) >= 11 is 1.16. The van der Waals surface area contributed by atoms with Gasteiger partial charge in [-0.3, -0.25) is 4.79 Å². The minimum absolute atomic E-state index is 0.0228. The predicted octanol–water partition coefficient (Wildman–Crippen LogP) is 1.63. The highest BCUT2D eigenvalue weighted by Crippen LogP contribution is 2.18. The van der Waals surface area contributed by atoms with E-state index in [1.54, 1.807) is 10.9 Å². The topological polar surface area (TPSA) is 92.9 Å². The fourth-order valence-corrected chi connectivity index (χ4v) is 3.77. The zero-order chi connectivity index (χ0) is 18.9. The van der Waals surface area contributed by atoms with Gasteiger partial charge in [0.05, 0.1) is 11.7 Å². The summed E-state index contributed by atoms with van der Waals surface area (Å²) in [7, 11) is 0. The molecule has 1 amide bonds. The molecule has 5 rings (SSSR count). The zero-order valence-electron chi connectivity index (χ0n) is 14.8. The summed E-state index contributed by atoms with van der Waals surface area (Å²) in [6.45, 7) is 2.69. The number of aromatic nitrogens is 6. The van der Waals surface area contributed by atoms with Crippen LogP contribution < -0.4 is 4.90 Å². The lowest BCUT2D eigenvalue weighted by atomic mass is 10.1. The van der Waals surface area contributed by atoms with Gasteiger partial charge in [-0.25, -0.2) is 4.68 Å². The van der Waals surface area contributed by atoms with Crippen molar-refractivity contribution in [1.82, 2.24) is 33.6 Å². The number of hydrogen-bond donors (Lipinski definition) is 0. The summed E-state index contributed by atoms with van der Waals surface area (Å²) in [6.07, 6.45) is 3.53. The number of nitrogens with zero attached hydrogens (tertiary/aromatic N) is 8. The van der Waals surface area contributed by atoms with Crippen LogP contribution in [0.3, 0.4) is 0 Å². The molecule has 9 nitrogen and oxygen atoms in total. The van der Waals surface area contributed by atoms with Crippen molar-refractivity contribution in [2.45, 2.75) is 0 Å². The maximum atomic E-state index is 12.8. The Morgan fingerprint density at radius 2 is 1.71 bits per heavy atom. The normalized spacial score (nSPS) is 14.6. The molecule has 1 aliphatic rings. The number of hydrogen-bond acceptors (Lipinski definition) is 8. The highest BCUT2D eigenvalue weighted by Gasteiger charge is 2.23. The first-order chi connectivity index (χ1) is 13.8. The van der Waals surface area contributed by atoms with E-state index in [0.29, 0.717) is 37.6 Å². The zero-order valence-corrected chi connectivity index (χ0v) is 15.7. The predicted molar refractivity (Wildman–Crippen MR) is 105 cm³/mol. The molecular formula is C18H16N8OS. The van der Waals surface area contributed by atoms with Gasteiger partial charge in [-0.05, 0) is 36.4 Å². The molecule has 0 atom stereocenters. The summed E-state index contributed by atoms with van der Waals surface area (Å²) in [5.41, 5.74) is 2.24. The van der Waals surface area contributed by atoms with Gasteiger partial charge < -0.3 is 9.80 Å². The fourth-order valence-electron chi connectivity index (χ4n) is 3.25. The summed E-state index contributed by atoms with van der Waals surface area (Å²) in [6, 6.07) is 11.1. The van der Waals surface area contributed by atoms with Gasteiger partial charge in [0.1, 0.15) is 11.0 Å². The van der Waals surface area contributed by atoms with Gasteiger partial charge in [0.25, 0.3) is 5.91 Å². The van der Waals surface area contributed by atoms with Crippen LogP contribution in [0.15, 0.2) is 48.8 Å². The van der Waals surface area contributed by atoms with E-state index in [0.717, 1.165) is 28.6 Å². The number of fused-ring (bicyclic) bond motifs is 1. The second-order valence-electron chi connectivity index (χ2n) is 6.45. The van der Waals surface area contributed by atoms with Crippen molar-refractivity contribution in [3.8, 4) is 5.82 Å². The number of piperazine rings is 1. The molecule has 10 heteroatoms. The average molecular weight is 392 g/mol. The average Bonchev–Trinajstić information content (AvgIpc) is 3.45. The Balaban J connectivity index is 1.25. The minimum Gasteiger partial charge on any atom is -0.352 e. The molecule has 0 unspecified atom stereocenters. The number of anilines is 1. The molecule has 0 bridgehead atoms. The highest BCUT2D eigenvalue weighted by molar-refractivity contribution is 7.00. The SMILES string of the molecule is O=C(c1ccc2nsnc2c1)N1CCN(c2ccc(-n3cccn3)nn2)CC1. The maximum absolute atomic E-state index is 12.8. The van der Waals surface area contributed by atoms with E-state index in [2.05, 4.69) is 28.9 Å². The Morgan fingerprint density at radius 1 is 0.929 bits per heavy atom. The van der Waals surface area contributed by atoms with Gasteiger partial charge in [-0.2, -0.15) is 13.8 Å². The van der Waals surface area contributed by atoms with E-state index in [-0.39, 0.29) is 5.91 Å². The van der Waals surface area contributed by atoms with Crippen molar-refractivity contribution in [1.29, 1.82) is 0 Å². The molecule has 0 aliphatic carbocycles. The number of benzene rings is 1. The van der Waals surface area contributed by atoms with Crippen LogP contribution >= 0.6 is 11.7 Å². The first kappa shape index (κ1) is 16.8. The third kappa shape index (κ3) is 3.07. The summed E-state index contributed by atoms with van der Waals surface area (Å²) in [5, 5.41) is 12.7. The lowest BCUT2D eigenvalue weighted by Crippen LogP contribution is -2.49. The molecule has 0 N–H and O–H groups in total. The monoisotopic (exact) mass is 392 g/mol. The molecule has 4 aromatic rings. The van der Waals surface area contributed by atoms with Crippen molar-refractivity contribution in [3.63, 3.8) is 0 Å². The quantitative estimate of drug-likeness (QED) is 0.523. The van der Waals surface area contributed by atoms with Crippen LogP contribution in [-0.2, 0) is 0 Å². The standard InChI is InChI=1S/C18H16N8OS/c27-18(13-2-3-14-15(12-13)23-28-22-14)25-10-8-24(9-11-25)16-4-5-17(21-20-16)26-7-1-6-19-26/h1-7,12H,8-11H2. The lowest BCUT2D eigenvalue weighted by molar-refractivity contribution is 0.0746. The van der Waals surface area contributed by atoms with E-state index >= 15 is 0 Å². The summed E-state index contributed by atoms with van der Waals surface area (Å²) in [5.74, 6) is 1.50. The van der Waals surface area contributed by atoms with Crippen LogP contribution in [0.5, 0.6) is 0 Å². The van der Waals surface area contributed by atoms with Crippen LogP contribution in [0.25, 0.3) is 16.9 Å². The highest BCUT2D eigenvalue weighted by atomic mass is 32.1. The van der Waals surface area contributed by atoms with Crippen molar-refractivity contribution < 1.29 is 4.79 Å². The third-order valence-corrected chi connectivity index (χ3v) is 5.32. The van der Waals surface area contributed by atoms with Crippen LogP contribution in [0, 0.1) is 0 Å². The number of carbonyl (C=O) groups excluding carboxylic acids is 1. The minimum atomic E-state index is 0.0228. The molecule has 28 heavy (non-hydrogen) atoms. The molecule has 1 fully saturated rings. The smallest absolute Gasteiger partial charge is 0.254 e. The molecule has 3 aromatic heterocycles. The molecule has 0 radical (unpaired) electrons. The van der Waals surface area contributed by atoms with Gasteiger partial charge in [0.2, 0.25) is 0 Å². The van der Waals surface area contributed by atoms with Crippen molar-refractivity contribution >= 4 is 34.5 Å². The first-order valence-electron chi connectivity index (χ1n) is 8.88. The van der Waals surface area contributed by atoms with Crippen LogP contribution in [0.4, 0.5) is 5.82 Å². The van der Waals surface area contributed by atoms with Gasteiger partial charge in [0, 0.05) is 44.1 Å². The lowest BCUT2D eigenvalue weighted by Gasteiger charge is -2.35. The fraction of sp³-hybridized carbons (Fsp3) is 0.222. The van der Waals surface area contributed by atoms with Crippen molar-refractivity contribution in [2.75, 3.05) is 31.1 Å². The van der Waals surface area contributed by atoms with E-state index in [4.69, 9.17) is 0 Å². The number of carbonyl (C=O) groups is 1. The van der Waals surface area contributed by atoms with E-state index < -0.39 is 0 Å². The molecule has 0 spiro atoms. The number of rotatable bonds is 3. The number of amides is 1. The van der Waals surface area contributed by atoms with Crippen molar-refractivity contribution in [2.24, 2.45) is 0 Å². The molecule has 4 heterocycles. The Kier molecular flexibility index (Phi) is 4.17. The molecule has 140 valence electrons. The Labute approximate surface area is 164 Å². The van der Waals surface area contributed by atoms with Gasteiger partial charge in [-0.1, -0.05) is 0 Å². The van der Waals surface area contributed by atoms with Crippen LogP contribution in [0.2, 0.25) is 0 Å². The molecular weight excluding hydrogens is 376 g/mol. The Bertz CT molecular complexity index is 1100. The second kappa shape index (κ2) is 6.97. The molecule has 1 aromatic carbocycles. The van der Waals surface area contributed by atoms with E-state index in [1.165, 1.54) is 0 Å². The van der Waals surface area contributed by atoms with Gasteiger partial charge in [-0.15, -0.1) is 10.2 Å². The maximum Gasteiger partial charge on any atom is 0.254 e. The second-order valence-corrected chi connectivity index (χ2v) is 6.98. The van der Waals surface area contributed by atoms with Crippen LogP contribution in [-0.4, -0.2) is 65.7 Å². The van der Waals surface area contributed by atoms with Crippen LogP contribution in [0.1, 0.15) is 10.4 Å². The molecule has 1 aliphatic heterocycles. The largest absolute Gasteiger partial charge is 0.352 e. The molecule has 1 saturated heterocycles. The Morgan fingerprint density at radius 3 is 2.46 bits per heavy atom. The third-order valence-electron chi connectivity index (χ3n) is 4.77. The van der Waals surface area contributed by atoms with Gasteiger partial charge >= 0.3 is 0 Å². The first-order valence-corrected chi connectivity index (χ1v) is 9.61. The van der Waals surface area contributed by atoms with Gasteiger partial charge in [0.15, 0.2) is 11.6 Å². The summed E-state index contributed by atoms with van der Waals surface area (Å²) < 4.78 is 10.1. The molecule has 0 saturated carbocycles. The van der Waals surface area contributed by atoms with Crippen molar-refractivity contribution in [3.05, 3.63) is 54.4 Å². The van der Waals surface area contributed by atoms with E-state index in [9.17, 15) is 4.79 Å². The summed E-state index contributed by atoms with van der Waals surface area (Å²) in [4.78, 5) is 16.8. The van der Waals surface area contributed by atoms with E-state index in [1.807, 2.05) is 47.5 Å².